The molecule has 156 valence electrons. The molecule has 1 saturated heterocycles. The Morgan fingerprint density at radius 2 is 1.61 bits per heavy atom. The summed E-state index contributed by atoms with van der Waals surface area (Å²) in [4.78, 5) is 26.8. The number of ether oxygens (including phenoxy) is 1. The van der Waals surface area contributed by atoms with Gasteiger partial charge in [-0.3, -0.25) is 14.5 Å². The van der Waals surface area contributed by atoms with Crippen LogP contribution in [0.1, 0.15) is 16.7 Å². The van der Waals surface area contributed by atoms with Crippen molar-refractivity contribution in [2.45, 2.75) is 13.2 Å². The van der Waals surface area contributed by atoms with Gasteiger partial charge in [0.2, 0.25) is 0 Å². The molecule has 1 fully saturated rings. The van der Waals surface area contributed by atoms with Crippen LogP contribution in [0.25, 0.3) is 6.08 Å². The summed E-state index contributed by atoms with van der Waals surface area (Å²) in [5.41, 5.74) is 2.38. The highest BCUT2D eigenvalue weighted by atomic mass is 35.5. The van der Waals surface area contributed by atoms with Crippen LogP contribution in [-0.2, 0) is 17.9 Å². The van der Waals surface area contributed by atoms with Gasteiger partial charge in [-0.1, -0.05) is 71.7 Å². The first-order chi connectivity index (χ1) is 15.0. The molecule has 4 rings (SSSR count). The first-order valence-corrected chi connectivity index (χ1v) is 11.0. The summed E-state index contributed by atoms with van der Waals surface area (Å²) >= 11 is 13.3. The van der Waals surface area contributed by atoms with Crippen molar-refractivity contribution in [2.24, 2.45) is 0 Å². The molecule has 0 N–H and O–H groups in total. The van der Waals surface area contributed by atoms with E-state index in [2.05, 4.69) is 0 Å². The lowest BCUT2D eigenvalue weighted by Crippen LogP contribution is -2.27. The summed E-state index contributed by atoms with van der Waals surface area (Å²) in [6.45, 7) is 0.472. The number of amides is 2. The van der Waals surface area contributed by atoms with Crippen LogP contribution in [0.3, 0.4) is 0 Å². The molecule has 0 radical (unpaired) electrons. The molecule has 3 aromatic carbocycles. The van der Waals surface area contributed by atoms with Gasteiger partial charge in [-0.05, 0) is 53.2 Å². The predicted octanol–water partition coefficient (Wildman–Crippen LogP) is 6.81. The van der Waals surface area contributed by atoms with E-state index < -0.39 is 0 Å². The number of hydrogen-bond donors (Lipinski definition) is 0. The summed E-state index contributed by atoms with van der Waals surface area (Å²) in [6.07, 6.45) is 1.69. The Bertz CT molecular complexity index is 1140. The molecule has 1 aliphatic rings. The summed E-state index contributed by atoms with van der Waals surface area (Å²) in [7, 11) is 0. The van der Waals surface area contributed by atoms with E-state index in [1.807, 2.05) is 54.6 Å². The first-order valence-electron chi connectivity index (χ1n) is 9.46. The molecule has 2 amide bonds. The van der Waals surface area contributed by atoms with Crippen molar-refractivity contribution < 1.29 is 14.3 Å². The summed E-state index contributed by atoms with van der Waals surface area (Å²) < 4.78 is 5.84. The average Bonchev–Trinajstić information content (AvgIpc) is 3.03. The van der Waals surface area contributed by atoms with Crippen LogP contribution < -0.4 is 4.74 Å². The highest BCUT2D eigenvalue weighted by Gasteiger charge is 2.35. The molecule has 3 aromatic rings. The predicted molar refractivity (Wildman–Crippen MR) is 125 cm³/mol. The molecule has 0 aromatic heterocycles. The van der Waals surface area contributed by atoms with Gasteiger partial charge in [0.1, 0.15) is 12.4 Å². The zero-order valence-corrected chi connectivity index (χ0v) is 18.6. The molecule has 0 unspecified atom stereocenters. The topological polar surface area (TPSA) is 46.6 Å². The SMILES string of the molecule is O=C1S/C(=C\c2cccc(OCc3ccccc3)c2)C(=O)N1Cc1c(Cl)cccc1Cl. The lowest BCUT2D eigenvalue weighted by Gasteiger charge is -2.14. The molecule has 1 heterocycles. The fourth-order valence-corrected chi connectivity index (χ4v) is 4.42. The third-order valence-electron chi connectivity index (χ3n) is 4.66. The molecule has 4 nitrogen and oxygen atoms in total. The molecule has 0 atom stereocenters. The fourth-order valence-electron chi connectivity index (χ4n) is 3.06. The molecule has 0 bridgehead atoms. The number of carbonyl (C=O) groups is 2. The molecule has 7 heteroatoms. The van der Waals surface area contributed by atoms with Gasteiger partial charge >= 0.3 is 0 Å². The van der Waals surface area contributed by atoms with Crippen LogP contribution in [0, 0.1) is 0 Å². The van der Waals surface area contributed by atoms with Crippen molar-refractivity contribution in [3.63, 3.8) is 0 Å². The minimum Gasteiger partial charge on any atom is -0.489 e. The normalized spacial score (nSPS) is 15.0. The van der Waals surface area contributed by atoms with E-state index in [4.69, 9.17) is 27.9 Å². The van der Waals surface area contributed by atoms with Gasteiger partial charge in [0.15, 0.2) is 0 Å². The van der Waals surface area contributed by atoms with Gasteiger partial charge in [0, 0.05) is 15.6 Å². The number of rotatable bonds is 6. The van der Waals surface area contributed by atoms with E-state index in [0.717, 1.165) is 27.8 Å². The van der Waals surface area contributed by atoms with E-state index in [0.29, 0.717) is 32.9 Å². The maximum absolute atomic E-state index is 12.8. The van der Waals surface area contributed by atoms with Crippen molar-refractivity contribution >= 4 is 52.2 Å². The van der Waals surface area contributed by atoms with Gasteiger partial charge in [0.05, 0.1) is 11.4 Å². The molecule has 0 saturated carbocycles. The van der Waals surface area contributed by atoms with Gasteiger partial charge in [0.25, 0.3) is 11.1 Å². The van der Waals surface area contributed by atoms with Crippen molar-refractivity contribution in [1.29, 1.82) is 0 Å². The van der Waals surface area contributed by atoms with E-state index in [1.54, 1.807) is 24.3 Å². The number of hydrogen-bond acceptors (Lipinski definition) is 4. The Kier molecular flexibility index (Phi) is 6.66. The Morgan fingerprint density at radius 1 is 0.903 bits per heavy atom. The second-order valence-corrected chi connectivity index (χ2v) is 8.62. The van der Waals surface area contributed by atoms with Gasteiger partial charge in [-0.15, -0.1) is 0 Å². The molecule has 1 aliphatic heterocycles. The largest absolute Gasteiger partial charge is 0.489 e. The third kappa shape index (κ3) is 5.13. The fraction of sp³-hybridized carbons (Fsp3) is 0.0833. The van der Waals surface area contributed by atoms with Crippen molar-refractivity contribution in [3.05, 3.63) is 104 Å². The molecular formula is C24H17Cl2NO3S. The first kappa shape index (κ1) is 21.5. The zero-order chi connectivity index (χ0) is 21.8. The Morgan fingerprint density at radius 3 is 2.35 bits per heavy atom. The van der Waals surface area contributed by atoms with E-state index in [1.165, 1.54) is 0 Å². The maximum atomic E-state index is 12.8. The van der Waals surface area contributed by atoms with Crippen LogP contribution in [0.4, 0.5) is 4.79 Å². The Hall–Kier alpha value is -2.73. The number of halogens is 2. The summed E-state index contributed by atoms with van der Waals surface area (Å²) in [6, 6.07) is 22.3. The lowest BCUT2D eigenvalue weighted by atomic mass is 10.2. The smallest absolute Gasteiger partial charge is 0.293 e. The highest BCUT2D eigenvalue weighted by molar-refractivity contribution is 8.18. The third-order valence-corrected chi connectivity index (χ3v) is 6.27. The minimum atomic E-state index is -0.374. The second kappa shape index (κ2) is 9.60. The van der Waals surface area contributed by atoms with Crippen LogP contribution in [-0.4, -0.2) is 16.0 Å². The quantitative estimate of drug-likeness (QED) is 0.372. The van der Waals surface area contributed by atoms with Crippen LogP contribution in [0.5, 0.6) is 5.75 Å². The van der Waals surface area contributed by atoms with Crippen molar-refractivity contribution in [3.8, 4) is 5.75 Å². The Balaban J connectivity index is 1.49. The number of benzene rings is 3. The molecule has 0 aliphatic carbocycles. The average molecular weight is 470 g/mol. The number of imide groups is 1. The maximum Gasteiger partial charge on any atom is 0.293 e. The lowest BCUT2D eigenvalue weighted by molar-refractivity contribution is -0.123. The number of nitrogens with zero attached hydrogens (tertiary/aromatic N) is 1. The highest BCUT2D eigenvalue weighted by Crippen LogP contribution is 2.35. The summed E-state index contributed by atoms with van der Waals surface area (Å²) in [5.74, 6) is 0.307. The zero-order valence-electron chi connectivity index (χ0n) is 16.3. The second-order valence-electron chi connectivity index (χ2n) is 6.81. The monoisotopic (exact) mass is 469 g/mol. The van der Waals surface area contributed by atoms with Gasteiger partial charge < -0.3 is 4.74 Å². The molecular weight excluding hydrogens is 453 g/mol. The van der Waals surface area contributed by atoms with Gasteiger partial charge in [-0.2, -0.15) is 0 Å². The van der Waals surface area contributed by atoms with Crippen LogP contribution in [0.15, 0.2) is 77.7 Å². The number of thioether (sulfide) groups is 1. The van der Waals surface area contributed by atoms with E-state index >= 15 is 0 Å². The van der Waals surface area contributed by atoms with Crippen molar-refractivity contribution in [2.75, 3.05) is 0 Å². The van der Waals surface area contributed by atoms with E-state index in [-0.39, 0.29) is 17.7 Å². The van der Waals surface area contributed by atoms with Gasteiger partial charge in [-0.25, -0.2) is 0 Å². The van der Waals surface area contributed by atoms with Crippen molar-refractivity contribution in [1.82, 2.24) is 4.90 Å². The standard InChI is InChI=1S/C24H17Cl2NO3S/c25-20-10-5-11-21(26)19(20)14-27-23(28)22(31-24(27)29)13-17-8-4-9-18(12-17)30-15-16-6-2-1-3-7-16/h1-13H,14-15H2/b22-13-. The van der Waals surface area contributed by atoms with Crippen LogP contribution >= 0.6 is 35.0 Å². The summed E-state index contributed by atoms with van der Waals surface area (Å²) in [5, 5.41) is 0.473. The Labute approximate surface area is 194 Å². The number of carbonyl (C=O) groups excluding carboxylic acids is 2. The minimum absolute atomic E-state index is 0.0285. The van der Waals surface area contributed by atoms with Crippen LogP contribution in [0.2, 0.25) is 10.0 Å². The molecule has 0 spiro atoms. The van der Waals surface area contributed by atoms with E-state index in [9.17, 15) is 9.59 Å². The molecule has 31 heavy (non-hydrogen) atoms.